The molecule has 3 rings (SSSR count). The zero-order valence-electron chi connectivity index (χ0n) is 12.4. The molecule has 0 amide bonds. The van der Waals surface area contributed by atoms with Gasteiger partial charge < -0.3 is 9.47 Å². The summed E-state index contributed by atoms with van der Waals surface area (Å²) in [5.74, 6) is 0.522. The minimum absolute atomic E-state index is 0.0830. The Balaban J connectivity index is 1.91. The van der Waals surface area contributed by atoms with Gasteiger partial charge in [-0.1, -0.05) is 11.6 Å². The molecule has 3 aromatic rings. The van der Waals surface area contributed by atoms with Crippen molar-refractivity contribution in [1.82, 2.24) is 14.4 Å². The van der Waals surface area contributed by atoms with E-state index in [2.05, 4.69) is 9.97 Å². The number of pyridine rings is 2. The molecule has 0 saturated carbocycles. The maximum Gasteiger partial charge on any atom is 0.276 e. The van der Waals surface area contributed by atoms with E-state index >= 15 is 0 Å². The lowest BCUT2D eigenvalue weighted by atomic mass is 10.1. The summed E-state index contributed by atoms with van der Waals surface area (Å²) < 4.78 is 11.8. The van der Waals surface area contributed by atoms with Gasteiger partial charge in [-0.2, -0.15) is 0 Å². The molecule has 0 spiro atoms. The number of fused-ring (bicyclic) bond motifs is 1. The first-order chi connectivity index (χ1) is 11.2. The molecule has 0 N–H and O–H groups in total. The van der Waals surface area contributed by atoms with E-state index in [1.807, 2.05) is 12.1 Å². The van der Waals surface area contributed by atoms with E-state index in [1.54, 1.807) is 31.6 Å². The van der Waals surface area contributed by atoms with Gasteiger partial charge in [0.2, 0.25) is 5.88 Å². The molecule has 0 radical (unpaired) electrons. The Morgan fingerprint density at radius 3 is 2.65 bits per heavy atom. The van der Waals surface area contributed by atoms with Crippen molar-refractivity contribution in [2.75, 3.05) is 20.3 Å². The molecule has 6 nitrogen and oxygen atoms in total. The van der Waals surface area contributed by atoms with Crippen LogP contribution < -0.4 is 10.3 Å². The molecular weight excluding hydrogens is 318 g/mol. The van der Waals surface area contributed by atoms with E-state index in [0.29, 0.717) is 24.7 Å². The van der Waals surface area contributed by atoms with Crippen molar-refractivity contribution in [2.24, 2.45) is 0 Å². The number of ether oxygens (including phenoxy) is 2. The van der Waals surface area contributed by atoms with Crippen LogP contribution in [0.4, 0.5) is 0 Å². The first-order valence-corrected chi connectivity index (χ1v) is 7.32. The Bertz CT molecular complexity index is 878. The fourth-order valence-corrected chi connectivity index (χ4v) is 2.23. The molecule has 0 bridgehead atoms. The number of hydrogen-bond acceptors (Lipinski definition) is 5. The van der Waals surface area contributed by atoms with Crippen LogP contribution in [0.2, 0.25) is 5.02 Å². The Labute approximate surface area is 137 Å². The predicted octanol–water partition coefficient (Wildman–Crippen LogP) is 2.44. The number of hydrogen-bond donors (Lipinski definition) is 0. The summed E-state index contributed by atoms with van der Waals surface area (Å²) in [6.45, 7) is 0.948. The van der Waals surface area contributed by atoms with E-state index in [9.17, 15) is 4.79 Å². The van der Waals surface area contributed by atoms with Crippen molar-refractivity contribution in [3.63, 3.8) is 0 Å². The van der Waals surface area contributed by atoms with Crippen LogP contribution in [0, 0.1) is 0 Å². The highest BCUT2D eigenvalue weighted by Crippen LogP contribution is 2.20. The van der Waals surface area contributed by atoms with Crippen LogP contribution in [-0.2, 0) is 4.74 Å². The topological polar surface area (TPSA) is 65.7 Å². The Morgan fingerprint density at radius 2 is 1.91 bits per heavy atom. The molecular formula is C16H14ClN3O3. The van der Waals surface area contributed by atoms with Gasteiger partial charge in [-0.3, -0.25) is 9.20 Å². The van der Waals surface area contributed by atoms with Crippen LogP contribution in [0.1, 0.15) is 0 Å². The number of methoxy groups -OCH3 is 1. The smallest absolute Gasteiger partial charge is 0.276 e. The number of aromatic nitrogens is 3. The van der Waals surface area contributed by atoms with Gasteiger partial charge in [0.1, 0.15) is 17.3 Å². The van der Waals surface area contributed by atoms with E-state index < -0.39 is 0 Å². The second-order valence-corrected chi connectivity index (χ2v) is 5.19. The van der Waals surface area contributed by atoms with Gasteiger partial charge in [0.25, 0.3) is 5.56 Å². The summed E-state index contributed by atoms with van der Waals surface area (Å²) in [7, 11) is 1.61. The van der Waals surface area contributed by atoms with Gasteiger partial charge in [-0.15, -0.1) is 0 Å². The lowest BCUT2D eigenvalue weighted by Crippen LogP contribution is -2.14. The van der Waals surface area contributed by atoms with Gasteiger partial charge in [0.15, 0.2) is 0 Å². The third kappa shape index (κ3) is 3.33. The van der Waals surface area contributed by atoms with Crippen molar-refractivity contribution >= 4 is 17.2 Å². The van der Waals surface area contributed by atoms with E-state index in [1.165, 1.54) is 10.6 Å². The van der Waals surface area contributed by atoms with Crippen LogP contribution in [0.5, 0.6) is 5.88 Å². The lowest BCUT2D eigenvalue weighted by Gasteiger charge is -2.07. The monoisotopic (exact) mass is 331 g/mol. The molecule has 0 saturated heterocycles. The number of rotatable bonds is 5. The SMILES string of the molecule is COCCOc1ccc(-c2ccc3ncc(Cl)c(=O)n3c2)cn1. The highest BCUT2D eigenvalue weighted by Gasteiger charge is 2.05. The molecule has 0 unspecified atom stereocenters. The molecule has 0 aliphatic rings. The van der Waals surface area contributed by atoms with Gasteiger partial charge in [-0.25, -0.2) is 9.97 Å². The second-order valence-electron chi connectivity index (χ2n) is 4.78. The molecule has 7 heteroatoms. The van der Waals surface area contributed by atoms with Crippen molar-refractivity contribution < 1.29 is 9.47 Å². The van der Waals surface area contributed by atoms with Crippen LogP contribution in [0.15, 0.2) is 47.7 Å². The highest BCUT2D eigenvalue weighted by atomic mass is 35.5. The third-order valence-electron chi connectivity index (χ3n) is 3.27. The van der Waals surface area contributed by atoms with Gasteiger partial charge in [0, 0.05) is 36.7 Å². The molecule has 3 aromatic heterocycles. The second kappa shape index (κ2) is 6.76. The minimum Gasteiger partial charge on any atom is -0.475 e. The maximum atomic E-state index is 12.1. The normalized spacial score (nSPS) is 10.9. The van der Waals surface area contributed by atoms with Crippen molar-refractivity contribution in [3.8, 4) is 17.0 Å². The van der Waals surface area contributed by atoms with E-state index in [0.717, 1.165) is 11.1 Å². The average Bonchev–Trinajstić information content (AvgIpc) is 2.59. The van der Waals surface area contributed by atoms with Crippen LogP contribution in [0.25, 0.3) is 16.8 Å². The standard InChI is InChI=1S/C16H14ClN3O3/c1-22-6-7-23-15-5-3-11(8-19-15)12-2-4-14-18-9-13(17)16(21)20(14)10-12/h2-5,8-10H,6-7H2,1H3. The predicted molar refractivity (Wildman–Crippen MR) is 87.1 cm³/mol. The van der Waals surface area contributed by atoms with Crippen molar-refractivity contribution in [3.05, 3.63) is 58.2 Å². The zero-order valence-corrected chi connectivity index (χ0v) is 13.2. The summed E-state index contributed by atoms with van der Waals surface area (Å²) in [6.07, 6.45) is 4.73. The molecule has 0 atom stereocenters. The van der Waals surface area contributed by atoms with Gasteiger partial charge in [0.05, 0.1) is 12.8 Å². The lowest BCUT2D eigenvalue weighted by molar-refractivity contribution is 0.144. The number of halogens is 1. The van der Waals surface area contributed by atoms with Gasteiger partial charge >= 0.3 is 0 Å². The summed E-state index contributed by atoms with van der Waals surface area (Å²) in [6, 6.07) is 7.28. The molecule has 0 aliphatic heterocycles. The largest absolute Gasteiger partial charge is 0.475 e. The Morgan fingerprint density at radius 1 is 1.09 bits per heavy atom. The van der Waals surface area contributed by atoms with Crippen molar-refractivity contribution in [2.45, 2.75) is 0 Å². The van der Waals surface area contributed by atoms with Crippen molar-refractivity contribution in [1.29, 1.82) is 0 Å². The minimum atomic E-state index is -0.300. The summed E-state index contributed by atoms with van der Waals surface area (Å²) in [4.78, 5) is 20.4. The molecule has 3 heterocycles. The fourth-order valence-electron chi connectivity index (χ4n) is 2.09. The quantitative estimate of drug-likeness (QED) is 0.672. The zero-order chi connectivity index (χ0) is 16.2. The van der Waals surface area contributed by atoms with Gasteiger partial charge in [-0.05, 0) is 18.2 Å². The summed E-state index contributed by atoms with van der Waals surface area (Å²) in [5.41, 5.74) is 1.93. The van der Waals surface area contributed by atoms with E-state index in [-0.39, 0.29) is 10.6 Å². The third-order valence-corrected chi connectivity index (χ3v) is 3.53. The Kier molecular flexibility index (Phi) is 4.55. The van der Waals surface area contributed by atoms with Crippen LogP contribution in [-0.4, -0.2) is 34.7 Å². The van der Waals surface area contributed by atoms with Crippen LogP contribution in [0.3, 0.4) is 0 Å². The Hall–Kier alpha value is -2.44. The summed E-state index contributed by atoms with van der Waals surface area (Å²) >= 11 is 5.83. The molecule has 0 fully saturated rings. The fraction of sp³-hybridized carbons (Fsp3) is 0.188. The van der Waals surface area contributed by atoms with Crippen LogP contribution >= 0.6 is 11.6 Å². The highest BCUT2D eigenvalue weighted by molar-refractivity contribution is 6.30. The maximum absolute atomic E-state index is 12.1. The molecule has 23 heavy (non-hydrogen) atoms. The molecule has 118 valence electrons. The molecule has 0 aliphatic carbocycles. The summed E-state index contributed by atoms with van der Waals surface area (Å²) in [5, 5.41) is 0.0830. The number of nitrogens with zero attached hydrogens (tertiary/aromatic N) is 3. The average molecular weight is 332 g/mol. The first-order valence-electron chi connectivity index (χ1n) is 6.94. The first kappa shape index (κ1) is 15.5. The molecule has 0 aromatic carbocycles. The van der Waals surface area contributed by atoms with E-state index in [4.69, 9.17) is 21.1 Å².